The summed E-state index contributed by atoms with van der Waals surface area (Å²) in [6.45, 7) is 3.54. The van der Waals surface area contributed by atoms with Crippen LogP contribution < -0.4 is 0 Å². The van der Waals surface area contributed by atoms with Gasteiger partial charge in [0.15, 0.2) is 0 Å². The topological polar surface area (TPSA) is 54.4 Å². The number of hydrogen-bond acceptors (Lipinski definition) is 2. The van der Waals surface area contributed by atoms with Gasteiger partial charge in [-0.1, -0.05) is 36.8 Å². The number of benzene rings is 1. The average molecular weight is 192 g/mol. The van der Waals surface area contributed by atoms with Crippen LogP contribution in [-0.4, -0.2) is 16.9 Å². The second kappa shape index (κ2) is 4.05. The lowest BCUT2D eigenvalue weighted by Crippen LogP contribution is -2.19. The van der Waals surface area contributed by atoms with E-state index in [1.165, 1.54) is 0 Å². The van der Waals surface area contributed by atoms with Gasteiger partial charge >= 0.3 is 5.97 Å². The van der Waals surface area contributed by atoms with E-state index in [0.29, 0.717) is 0 Å². The Labute approximate surface area is 82.4 Å². The van der Waals surface area contributed by atoms with Crippen molar-refractivity contribution in [2.75, 3.05) is 0 Å². The number of carbonyl (C=O) groups excluding carboxylic acids is 1. The van der Waals surface area contributed by atoms with Crippen LogP contribution in [0.4, 0.5) is 0 Å². The van der Waals surface area contributed by atoms with Crippen LogP contribution in [-0.2, 0) is 9.59 Å². The lowest BCUT2D eigenvalue weighted by atomic mass is 9.96. The van der Waals surface area contributed by atoms with E-state index in [9.17, 15) is 9.59 Å². The van der Waals surface area contributed by atoms with E-state index >= 15 is 0 Å². The van der Waals surface area contributed by atoms with Gasteiger partial charge in [0.2, 0.25) is 5.78 Å². The van der Waals surface area contributed by atoms with Gasteiger partial charge < -0.3 is 5.11 Å². The van der Waals surface area contributed by atoms with E-state index in [1.807, 2.05) is 19.1 Å². The highest BCUT2D eigenvalue weighted by atomic mass is 16.4. The summed E-state index contributed by atoms with van der Waals surface area (Å²) < 4.78 is 0. The standard InChI is InChI=1S/C11H12O3/c1-7-3-5-9(6-4-7)8(2)10(12)11(13)14/h3-6,8H,1-2H3,(H,13,14). The largest absolute Gasteiger partial charge is 0.475 e. The molecule has 1 unspecified atom stereocenters. The normalized spacial score (nSPS) is 12.1. The molecule has 14 heavy (non-hydrogen) atoms. The molecule has 0 heterocycles. The van der Waals surface area contributed by atoms with Crippen molar-refractivity contribution in [1.29, 1.82) is 0 Å². The number of Topliss-reactive ketones (excluding diaryl/α,β-unsaturated/α-hetero) is 1. The molecule has 0 aliphatic rings. The van der Waals surface area contributed by atoms with Gasteiger partial charge in [-0.25, -0.2) is 4.79 Å². The minimum atomic E-state index is -1.38. The van der Waals surface area contributed by atoms with E-state index < -0.39 is 17.7 Å². The number of rotatable bonds is 3. The van der Waals surface area contributed by atoms with Crippen LogP contribution in [0.5, 0.6) is 0 Å². The first-order valence-electron chi connectivity index (χ1n) is 4.36. The summed E-state index contributed by atoms with van der Waals surface area (Å²) in [7, 11) is 0. The molecule has 0 saturated heterocycles. The molecule has 0 aliphatic carbocycles. The minimum absolute atomic E-state index is 0.576. The second-order valence-corrected chi connectivity index (χ2v) is 3.30. The van der Waals surface area contributed by atoms with Crippen molar-refractivity contribution < 1.29 is 14.7 Å². The highest BCUT2D eigenvalue weighted by Gasteiger charge is 2.21. The molecule has 0 spiro atoms. The lowest BCUT2D eigenvalue weighted by Gasteiger charge is -2.07. The minimum Gasteiger partial charge on any atom is -0.475 e. The Hall–Kier alpha value is -1.64. The van der Waals surface area contributed by atoms with E-state index in [0.717, 1.165) is 11.1 Å². The number of carboxylic acids is 1. The van der Waals surface area contributed by atoms with Gasteiger partial charge in [0, 0.05) is 0 Å². The van der Waals surface area contributed by atoms with Gasteiger partial charge in [0.25, 0.3) is 0 Å². The summed E-state index contributed by atoms with van der Waals surface area (Å²) in [5, 5.41) is 8.52. The molecular weight excluding hydrogens is 180 g/mol. The molecule has 3 heteroatoms. The maximum atomic E-state index is 11.1. The molecule has 0 saturated carbocycles. The quantitative estimate of drug-likeness (QED) is 0.742. The molecule has 0 radical (unpaired) electrons. The molecule has 1 rings (SSSR count). The summed E-state index contributed by atoms with van der Waals surface area (Å²) in [5.41, 5.74) is 1.83. The fourth-order valence-corrected chi connectivity index (χ4v) is 1.19. The first kappa shape index (κ1) is 10.4. The first-order chi connectivity index (χ1) is 6.52. The Bertz CT molecular complexity index is 351. The third-order valence-corrected chi connectivity index (χ3v) is 2.18. The fourth-order valence-electron chi connectivity index (χ4n) is 1.19. The van der Waals surface area contributed by atoms with E-state index in [-0.39, 0.29) is 0 Å². The third kappa shape index (κ3) is 2.19. The van der Waals surface area contributed by atoms with Gasteiger partial charge in [-0.3, -0.25) is 4.79 Å². The van der Waals surface area contributed by atoms with Crippen molar-refractivity contribution in [3.05, 3.63) is 35.4 Å². The summed E-state index contributed by atoms with van der Waals surface area (Å²) in [4.78, 5) is 21.6. The smallest absolute Gasteiger partial charge is 0.372 e. The molecule has 0 bridgehead atoms. The number of hydrogen-bond donors (Lipinski definition) is 1. The molecule has 0 fully saturated rings. The molecular formula is C11H12O3. The molecule has 1 atom stereocenters. The predicted octanol–water partition coefficient (Wildman–Crippen LogP) is 1.75. The first-order valence-corrected chi connectivity index (χ1v) is 4.36. The van der Waals surface area contributed by atoms with E-state index in [4.69, 9.17) is 5.11 Å². The van der Waals surface area contributed by atoms with Crippen LogP contribution in [0.2, 0.25) is 0 Å². The number of carbonyl (C=O) groups is 2. The molecule has 1 aromatic carbocycles. The molecule has 0 aromatic heterocycles. The van der Waals surface area contributed by atoms with Crippen molar-refractivity contribution in [2.24, 2.45) is 0 Å². The van der Waals surface area contributed by atoms with Crippen LogP contribution in [0.15, 0.2) is 24.3 Å². The van der Waals surface area contributed by atoms with Crippen molar-refractivity contribution in [2.45, 2.75) is 19.8 Å². The number of carboxylic acid groups (broad SMARTS) is 1. The highest BCUT2D eigenvalue weighted by molar-refractivity contribution is 6.34. The SMILES string of the molecule is Cc1ccc(C(C)C(=O)C(=O)O)cc1. The summed E-state index contributed by atoms with van der Waals surface area (Å²) >= 11 is 0. The second-order valence-electron chi connectivity index (χ2n) is 3.30. The van der Waals surface area contributed by atoms with Crippen molar-refractivity contribution >= 4 is 11.8 Å². The monoisotopic (exact) mass is 192 g/mol. The number of aliphatic carboxylic acids is 1. The van der Waals surface area contributed by atoms with E-state index in [1.54, 1.807) is 19.1 Å². The van der Waals surface area contributed by atoms with Gasteiger partial charge in [-0.15, -0.1) is 0 Å². The van der Waals surface area contributed by atoms with Crippen molar-refractivity contribution in [3.8, 4) is 0 Å². The van der Waals surface area contributed by atoms with Crippen LogP contribution in [0, 0.1) is 6.92 Å². The Morgan fingerprint density at radius 1 is 1.21 bits per heavy atom. The molecule has 74 valence electrons. The van der Waals surface area contributed by atoms with E-state index in [2.05, 4.69) is 0 Å². The maximum Gasteiger partial charge on any atom is 0.372 e. The van der Waals surface area contributed by atoms with Gasteiger partial charge in [-0.05, 0) is 12.5 Å². The molecule has 3 nitrogen and oxygen atoms in total. The zero-order chi connectivity index (χ0) is 10.7. The predicted molar refractivity (Wildman–Crippen MR) is 52.2 cm³/mol. The third-order valence-electron chi connectivity index (χ3n) is 2.18. The Balaban J connectivity index is 2.89. The lowest BCUT2D eigenvalue weighted by molar-refractivity contribution is -0.149. The average Bonchev–Trinajstić information content (AvgIpc) is 2.16. The van der Waals surface area contributed by atoms with Crippen LogP contribution in [0.1, 0.15) is 24.0 Å². The molecule has 1 N–H and O–H groups in total. The van der Waals surface area contributed by atoms with Gasteiger partial charge in [-0.2, -0.15) is 0 Å². The van der Waals surface area contributed by atoms with Crippen LogP contribution >= 0.6 is 0 Å². The summed E-state index contributed by atoms with van der Waals surface area (Å²) in [6.07, 6.45) is 0. The van der Waals surface area contributed by atoms with Crippen LogP contribution in [0.3, 0.4) is 0 Å². The highest BCUT2D eigenvalue weighted by Crippen LogP contribution is 2.16. The zero-order valence-electron chi connectivity index (χ0n) is 8.15. The zero-order valence-corrected chi connectivity index (χ0v) is 8.15. The summed E-state index contributed by atoms with van der Waals surface area (Å²) in [6, 6.07) is 7.28. The molecule has 0 amide bonds. The van der Waals surface area contributed by atoms with Gasteiger partial charge in [0.05, 0.1) is 5.92 Å². The summed E-state index contributed by atoms with van der Waals surface area (Å²) in [5.74, 6) is -2.72. The maximum absolute atomic E-state index is 11.1. The molecule has 1 aromatic rings. The Morgan fingerprint density at radius 2 is 1.71 bits per heavy atom. The number of aryl methyl sites for hydroxylation is 1. The van der Waals surface area contributed by atoms with Crippen LogP contribution in [0.25, 0.3) is 0 Å². The van der Waals surface area contributed by atoms with Crippen molar-refractivity contribution in [3.63, 3.8) is 0 Å². The fraction of sp³-hybridized carbons (Fsp3) is 0.273. The van der Waals surface area contributed by atoms with Crippen molar-refractivity contribution in [1.82, 2.24) is 0 Å². The Kier molecular flexibility index (Phi) is 3.02. The van der Waals surface area contributed by atoms with Gasteiger partial charge in [0.1, 0.15) is 0 Å². The molecule has 0 aliphatic heterocycles. The number of ketones is 1. The Morgan fingerprint density at radius 3 is 2.14 bits per heavy atom.